The molecule has 0 aliphatic carbocycles. The Morgan fingerprint density at radius 1 is 1.20 bits per heavy atom. The van der Waals surface area contributed by atoms with Gasteiger partial charge < -0.3 is 4.42 Å². The van der Waals surface area contributed by atoms with Gasteiger partial charge in [-0.05, 0) is 46.6 Å². The molecule has 4 heteroatoms. The molecule has 0 bridgehead atoms. The van der Waals surface area contributed by atoms with Crippen molar-refractivity contribution < 1.29 is 13.6 Å². The fraction of sp³-hybridized carbons (Fsp3) is 0.0625. The number of hydrogen-bond donors (Lipinski definition) is 0. The van der Waals surface area contributed by atoms with Crippen LogP contribution in [0.2, 0.25) is 0 Å². The van der Waals surface area contributed by atoms with Crippen LogP contribution in [-0.2, 0) is 0 Å². The van der Waals surface area contributed by atoms with Crippen molar-refractivity contribution in [1.29, 1.82) is 0 Å². The predicted octanol–water partition coefficient (Wildman–Crippen LogP) is 4.87. The van der Waals surface area contributed by atoms with Crippen molar-refractivity contribution in [3.63, 3.8) is 0 Å². The number of carbonyl (C=O) groups is 1. The van der Waals surface area contributed by atoms with E-state index >= 15 is 0 Å². The zero-order valence-corrected chi connectivity index (χ0v) is 12.2. The average Bonchev–Trinajstić information content (AvgIpc) is 2.87. The van der Waals surface area contributed by atoms with Gasteiger partial charge in [-0.3, -0.25) is 4.79 Å². The second-order valence-corrected chi connectivity index (χ2v) is 5.33. The van der Waals surface area contributed by atoms with Crippen LogP contribution in [0.15, 0.2) is 51.4 Å². The summed E-state index contributed by atoms with van der Waals surface area (Å²) in [6, 6.07) is 11.7. The zero-order valence-electron chi connectivity index (χ0n) is 10.6. The Kier molecular flexibility index (Phi) is 3.18. The van der Waals surface area contributed by atoms with Crippen LogP contribution in [0.4, 0.5) is 4.39 Å². The quantitative estimate of drug-likeness (QED) is 0.626. The summed E-state index contributed by atoms with van der Waals surface area (Å²) >= 11 is 3.10. The third-order valence-corrected chi connectivity index (χ3v) is 3.97. The van der Waals surface area contributed by atoms with E-state index in [0.29, 0.717) is 5.58 Å². The molecule has 0 N–H and O–H groups in total. The smallest absolute Gasteiger partial charge is 0.229 e. The van der Waals surface area contributed by atoms with Crippen molar-refractivity contribution in [2.75, 3.05) is 0 Å². The van der Waals surface area contributed by atoms with Crippen LogP contribution in [0.25, 0.3) is 11.0 Å². The Balaban J connectivity index is 2.13. The maximum Gasteiger partial charge on any atom is 0.229 e. The summed E-state index contributed by atoms with van der Waals surface area (Å²) in [6.45, 7) is 1.91. The molecule has 0 radical (unpaired) electrons. The molecule has 0 aliphatic rings. The van der Waals surface area contributed by atoms with Gasteiger partial charge in [-0.1, -0.05) is 24.3 Å². The number of carbonyl (C=O) groups excluding carboxylic acids is 1. The molecule has 0 unspecified atom stereocenters. The molecule has 3 aromatic rings. The highest BCUT2D eigenvalue weighted by molar-refractivity contribution is 9.10. The molecule has 0 fully saturated rings. The second-order valence-electron chi connectivity index (χ2n) is 4.53. The lowest BCUT2D eigenvalue weighted by atomic mass is 10.1. The fourth-order valence-corrected chi connectivity index (χ4v) is 2.58. The van der Waals surface area contributed by atoms with E-state index in [1.165, 1.54) is 12.1 Å². The highest BCUT2D eigenvalue weighted by atomic mass is 79.9. The van der Waals surface area contributed by atoms with Gasteiger partial charge in [0.15, 0.2) is 5.76 Å². The van der Waals surface area contributed by atoms with Crippen molar-refractivity contribution in [1.82, 2.24) is 0 Å². The third-order valence-electron chi connectivity index (χ3n) is 3.16. The minimum absolute atomic E-state index is 0.155. The van der Waals surface area contributed by atoms with Gasteiger partial charge in [-0.25, -0.2) is 4.39 Å². The molecule has 20 heavy (non-hydrogen) atoms. The third kappa shape index (κ3) is 2.06. The van der Waals surface area contributed by atoms with Gasteiger partial charge in [-0.15, -0.1) is 0 Å². The Hall–Kier alpha value is -1.94. The van der Waals surface area contributed by atoms with Gasteiger partial charge in [0.1, 0.15) is 11.4 Å². The van der Waals surface area contributed by atoms with Crippen LogP contribution in [0, 0.1) is 12.7 Å². The van der Waals surface area contributed by atoms with Gasteiger partial charge in [0.25, 0.3) is 0 Å². The minimum Gasteiger partial charge on any atom is -0.452 e. The number of ketones is 1. The summed E-state index contributed by atoms with van der Waals surface area (Å²) < 4.78 is 19.3. The Morgan fingerprint density at radius 3 is 2.70 bits per heavy atom. The molecular formula is C16H10BrFO2. The standard InChI is InChI=1S/C16H10BrFO2/c1-9-4-2-5-10-8-13(20-16(9)10)15(19)11-6-3-7-12(18)14(11)17/h2-8H,1H3. The van der Waals surface area contributed by atoms with E-state index < -0.39 is 5.82 Å². The van der Waals surface area contributed by atoms with Gasteiger partial charge in [0, 0.05) is 10.9 Å². The first kappa shape index (κ1) is 13.1. The molecule has 1 heterocycles. The second kappa shape index (κ2) is 4.87. The van der Waals surface area contributed by atoms with Crippen LogP contribution in [0.5, 0.6) is 0 Å². The minimum atomic E-state index is -0.469. The van der Waals surface area contributed by atoms with E-state index in [0.717, 1.165) is 10.9 Å². The Labute approximate surface area is 123 Å². The molecule has 0 saturated heterocycles. The highest BCUT2D eigenvalue weighted by Gasteiger charge is 2.19. The monoisotopic (exact) mass is 332 g/mol. The van der Waals surface area contributed by atoms with Crippen molar-refractivity contribution >= 4 is 32.7 Å². The molecule has 0 saturated carbocycles. The van der Waals surface area contributed by atoms with Crippen LogP contribution in [0.3, 0.4) is 0 Å². The molecule has 0 atom stereocenters. The number of hydrogen-bond acceptors (Lipinski definition) is 2. The van der Waals surface area contributed by atoms with Gasteiger partial charge >= 0.3 is 0 Å². The number of fused-ring (bicyclic) bond motifs is 1. The zero-order chi connectivity index (χ0) is 14.3. The number of para-hydroxylation sites is 1. The van der Waals surface area contributed by atoms with Crippen molar-refractivity contribution in [2.24, 2.45) is 0 Å². The van der Waals surface area contributed by atoms with Gasteiger partial charge in [0.05, 0.1) is 4.47 Å². The number of furan rings is 1. The molecule has 0 amide bonds. The van der Waals surface area contributed by atoms with Crippen molar-refractivity contribution in [3.8, 4) is 0 Å². The first-order valence-corrected chi connectivity index (χ1v) is 6.85. The number of aryl methyl sites for hydroxylation is 1. The van der Waals surface area contributed by atoms with Crippen LogP contribution < -0.4 is 0 Å². The first-order valence-electron chi connectivity index (χ1n) is 6.06. The normalized spacial score (nSPS) is 10.9. The molecular weight excluding hydrogens is 323 g/mol. The summed E-state index contributed by atoms with van der Waals surface area (Å²) in [4.78, 5) is 12.4. The fourth-order valence-electron chi connectivity index (χ4n) is 2.13. The van der Waals surface area contributed by atoms with Crippen LogP contribution >= 0.6 is 15.9 Å². The van der Waals surface area contributed by atoms with E-state index in [1.807, 2.05) is 25.1 Å². The Morgan fingerprint density at radius 2 is 1.95 bits per heavy atom. The molecule has 0 spiro atoms. The summed E-state index contributed by atoms with van der Waals surface area (Å²) in [5, 5.41) is 0.862. The van der Waals surface area contributed by atoms with Crippen LogP contribution in [-0.4, -0.2) is 5.78 Å². The van der Waals surface area contributed by atoms with Crippen molar-refractivity contribution in [3.05, 3.63) is 69.6 Å². The average molecular weight is 333 g/mol. The summed E-state index contributed by atoms with van der Waals surface area (Å²) in [5.41, 5.74) is 1.89. The summed E-state index contributed by atoms with van der Waals surface area (Å²) in [6.07, 6.45) is 0. The highest BCUT2D eigenvalue weighted by Crippen LogP contribution is 2.27. The molecule has 0 aliphatic heterocycles. The lowest BCUT2D eigenvalue weighted by Gasteiger charge is -2.01. The van der Waals surface area contributed by atoms with E-state index in [1.54, 1.807) is 12.1 Å². The maximum absolute atomic E-state index is 13.5. The van der Waals surface area contributed by atoms with Crippen molar-refractivity contribution in [2.45, 2.75) is 6.92 Å². The largest absolute Gasteiger partial charge is 0.452 e. The lowest BCUT2D eigenvalue weighted by molar-refractivity contribution is 0.101. The maximum atomic E-state index is 13.5. The molecule has 1 aromatic heterocycles. The number of rotatable bonds is 2. The number of benzene rings is 2. The lowest BCUT2D eigenvalue weighted by Crippen LogP contribution is -2.01. The van der Waals surface area contributed by atoms with Gasteiger partial charge in [0.2, 0.25) is 5.78 Å². The van der Waals surface area contributed by atoms with Gasteiger partial charge in [-0.2, -0.15) is 0 Å². The summed E-state index contributed by atoms with van der Waals surface area (Å²) in [5.74, 6) is -0.601. The molecule has 2 nitrogen and oxygen atoms in total. The van der Waals surface area contributed by atoms with E-state index in [4.69, 9.17) is 4.42 Å². The van der Waals surface area contributed by atoms with E-state index in [2.05, 4.69) is 15.9 Å². The topological polar surface area (TPSA) is 30.2 Å². The molecule has 2 aromatic carbocycles. The van der Waals surface area contributed by atoms with Crippen LogP contribution in [0.1, 0.15) is 21.7 Å². The first-order chi connectivity index (χ1) is 9.58. The van der Waals surface area contributed by atoms with E-state index in [9.17, 15) is 9.18 Å². The molecule has 3 rings (SSSR count). The van der Waals surface area contributed by atoms with E-state index in [-0.39, 0.29) is 21.6 Å². The SMILES string of the molecule is Cc1cccc2cc(C(=O)c3cccc(F)c3Br)oc12. The molecule has 100 valence electrons. The predicted molar refractivity (Wildman–Crippen MR) is 78.5 cm³/mol. The summed E-state index contributed by atoms with van der Waals surface area (Å²) in [7, 11) is 0. The number of halogens is 2. The Bertz CT molecular complexity index is 820.